The van der Waals surface area contributed by atoms with Gasteiger partial charge in [0.05, 0.1) is 0 Å². The number of fused-ring (bicyclic) bond motifs is 1. The predicted molar refractivity (Wildman–Crippen MR) is 128 cm³/mol. The van der Waals surface area contributed by atoms with Crippen molar-refractivity contribution in [2.24, 2.45) is 11.8 Å². The molecule has 160 valence electrons. The highest BCUT2D eigenvalue weighted by molar-refractivity contribution is 5.97. The molecule has 1 aromatic heterocycles. The summed E-state index contributed by atoms with van der Waals surface area (Å²) < 4.78 is 0. The average molecular weight is 423 g/mol. The number of H-pyrrole nitrogens is 1. The summed E-state index contributed by atoms with van der Waals surface area (Å²) in [5.74, 6) is -0.338. The fourth-order valence-electron chi connectivity index (χ4n) is 4.83. The Balaban J connectivity index is 1.30. The summed E-state index contributed by atoms with van der Waals surface area (Å²) in [6.07, 6.45) is 4.80. The Hall–Kier alpha value is -3.66. The van der Waals surface area contributed by atoms with E-state index < -0.39 is 0 Å². The first-order valence-electron chi connectivity index (χ1n) is 11.2. The fraction of sp³-hybridized carbons (Fsp3) is 0.214. The van der Waals surface area contributed by atoms with Crippen LogP contribution < -0.4 is 5.32 Å². The number of rotatable bonds is 6. The van der Waals surface area contributed by atoms with Crippen LogP contribution in [0.4, 0.5) is 5.69 Å². The van der Waals surface area contributed by atoms with E-state index in [9.17, 15) is 9.59 Å². The zero-order valence-corrected chi connectivity index (χ0v) is 17.9. The lowest BCUT2D eigenvalue weighted by atomic mass is 9.88. The Morgan fingerprint density at radius 2 is 1.66 bits per heavy atom. The molecule has 1 heterocycles. The maximum Gasteiger partial charge on any atom is 0.228 e. The van der Waals surface area contributed by atoms with Crippen LogP contribution in [0.5, 0.6) is 0 Å². The van der Waals surface area contributed by atoms with Gasteiger partial charge in [-0.1, -0.05) is 55.0 Å². The molecular weight excluding hydrogens is 396 g/mol. The SMILES string of the molecule is O=C(Cc1ccccc1)C1CCC[C@H]1C(=O)Nc1cccc(-c2ccc3[nH]ccc3c2)c1. The van der Waals surface area contributed by atoms with E-state index in [4.69, 9.17) is 0 Å². The minimum Gasteiger partial charge on any atom is -0.361 e. The molecule has 4 aromatic rings. The summed E-state index contributed by atoms with van der Waals surface area (Å²) in [4.78, 5) is 29.2. The summed E-state index contributed by atoms with van der Waals surface area (Å²) in [5.41, 5.74) is 5.03. The van der Waals surface area contributed by atoms with Gasteiger partial charge < -0.3 is 10.3 Å². The van der Waals surface area contributed by atoms with E-state index in [-0.39, 0.29) is 23.5 Å². The molecule has 4 heteroatoms. The van der Waals surface area contributed by atoms with Gasteiger partial charge in [0.1, 0.15) is 5.78 Å². The molecule has 0 spiro atoms. The molecule has 2 atom stereocenters. The second-order valence-corrected chi connectivity index (χ2v) is 8.62. The van der Waals surface area contributed by atoms with Crippen molar-refractivity contribution in [3.8, 4) is 11.1 Å². The number of aromatic amines is 1. The summed E-state index contributed by atoms with van der Waals surface area (Å²) in [6, 6.07) is 26.0. The smallest absolute Gasteiger partial charge is 0.228 e. The first-order chi connectivity index (χ1) is 15.7. The zero-order valence-electron chi connectivity index (χ0n) is 17.9. The molecule has 2 N–H and O–H groups in total. The molecule has 0 saturated heterocycles. The van der Waals surface area contributed by atoms with Gasteiger partial charge in [-0.05, 0) is 65.3 Å². The molecule has 0 radical (unpaired) electrons. The van der Waals surface area contributed by atoms with Crippen LogP contribution in [0.15, 0.2) is 85.1 Å². The number of amides is 1. The van der Waals surface area contributed by atoms with Crippen molar-refractivity contribution in [3.63, 3.8) is 0 Å². The van der Waals surface area contributed by atoms with Crippen molar-refractivity contribution >= 4 is 28.3 Å². The number of nitrogens with one attached hydrogen (secondary N) is 2. The molecule has 3 aromatic carbocycles. The lowest BCUT2D eigenvalue weighted by molar-refractivity contribution is -0.129. The topological polar surface area (TPSA) is 62.0 Å². The molecule has 4 nitrogen and oxygen atoms in total. The highest BCUT2D eigenvalue weighted by Crippen LogP contribution is 2.34. The first kappa shape index (κ1) is 20.3. The van der Waals surface area contributed by atoms with Crippen molar-refractivity contribution in [1.29, 1.82) is 0 Å². The van der Waals surface area contributed by atoms with Crippen LogP contribution in [0.1, 0.15) is 24.8 Å². The van der Waals surface area contributed by atoms with Crippen LogP contribution in [-0.4, -0.2) is 16.7 Å². The molecule has 5 rings (SSSR count). The van der Waals surface area contributed by atoms with Gasteiger partial charge in [0.25, 0.3) is 0 Å². The molecule has 1 aliphatic carbocycles. The normalized spacial score (nSPS) is 18.0. The third-order valence-electron chi connectivity index (χ3n) is 6.50. The standard InChI is InChI=1S/C28H26N2O2/c31-27(16-19-6-2-1-3-7-19)24-10-5-11-25(24)28(32)30-23-9-4-8-20(18-23)21-12-13-26-22(17-21)14-15-29-26/h1-4,6-9,12-15,17-18,24-25,29H,5,10-11,16H2,(H,30,32)/t24?,25-/m1/s1. The molecule has 0 bridgehead atoms. The largest absolute Gasteiger partial charge is 0.361 e. The van der Waals surface area contributed by atoms with E-state index in [0.717, 1.165) is 52.5 Å². The number of carbonyl (C=O) groups is 2. The van der Waals surface area contributed by atoms with E-state index in [1.54, 1.807) is 0 Å². The number of anilines is 1. The highest BCUT2D eigenvalue weighted by Gasteiger charge is 2.37. The lowest BCUT2D eigenvalue weighted by Gasteiger charge is -2.18. The molecule has 32 heavy (non-hydrogen) atoms. The second kappa shape index (κ2) is 8.83. The number of carbonyl (C=O) groups excluding carboxylic acids is 2. The van der Waals surface area contributed by atoms with E-state index >= 15 is 0 Å². The van der Waals surface area contributed by atoms with Gasteiger partial charge in [0.15, 0.2) is 0 Å². The van der Waals surface area contributed by atoms with Gasteiger partial charge >= 0.3 is 0 Å². The van der Waals surface area contributed by atoms with Gasteiger partial charge in [-0.25, -0.2) is 0 Å². The number of ketones is 1. The van der Waals surface area contributed by atoms with Crippen molar-refractivity contribution in [2.45, 2.75) is 25.7 Å². The lowest BCUT2D eigenvalue weighted by Crippen LogP contribution is -2.31. The Labute approximate surface area is 187 Å². The van der Waals surface area contributed by atoms with E-state index in [2.05, 4.69) is 34.6 Å². The Morgan fingerprint density at radius 1 is 0.844 bits per heavy atom. The van der Waals surface area contributed by atoms with Gasteiger partial charge in [0, 0.05) is 35.7 Å². The third-order valence-corrected chi connectivity index (χ3v) is 6.50. The van der Waals surface area contributed by atoms with Crippen LogP contribution in [0.3, 0.4) is 0 Å². The minimum atomic E-state index is -0.258. The molecule has 1 saturated carbocycles. The van der Waals surface area contributed by atoms with Gasteiger partial charge in [-0.2, -0.15) is 0 Å². The van der Waals surface area contributed by atoms with E-state index in [1.165, 1.54) is 0 Å². The van der Waals surface area contributed by atoms with Crippen molar-refractivity contribution in [3.05, 3.63) is 90.6 Å². The van der Waals surface area contributed by atoms with Crippen molar-refractivity contribution in [1.82, 2.24) is 4.98 Å². The number of Topliss-reactive ketones (excluding diaryl/α,β-unsaturated/α-hetero) is 1. The van der Waals surface area contributed by atoms with Crippen LogP contribution in [0.2, 0.25) is 0 Å². The van der Waals surface area contributed by atoms with Crippen molar-refractivity contribution < 1.29 is 9.59 Å². The fourth-order valence-corrected chi connectivity index (χ4v) is 4.83. The number of hydrogen-bond donors (Lipinski definition) is 2. The minimum absolute atomic E-state index is 0.0489. The summed E-state index contributed by atoms with van der Waals surface area (Å²) in [7, 11) is 0. The number of benzene rings is 3. The van der Waals surface area contributed by atoms with Gasteiger partial charge in [-0.15, -0.1) is 0 Å². The monoisotopic (exact) mass is 422 g/mol. The first-order valence-corrected chi connectivity index (χ1v) is 11.2. The summed E-state index contributed by atoms with van der Waals surface area (Å²) >= 11 is 0. The second-order valence-electron chi connectivity index (χ2n) is 8.62. The van der Waals surface area contributed by atoms with Crippen LogP contribution in [0.25, 0.3) is 22.0 Å². The third kappa shape index (κ3) is 4.22. The van der Waals surface area contributed by atoms with Crippen LogP contribution in [-0.2, 0) is 16.0 Å². The molecular formula is C28H26N2O2. The average Bonchev–Trinajstić information content (AvgIpc) is 3.49. The Kier molecular flexibility index (Phi) is 5.59. The maximum atomic E-state index is 13.1. The van der Waals surface area contributed by atoms with Crippen LogP contribution >= 0.6 is 0 Å². The van der Waals surface area contributed by atoms with Gasteiger partial charge in [0.2, 0.25) is 5.91 Å². The maximum absolute atomic E-state index is 13.1. The van der Waals surface area contributed by atoms with E-state index in [0.29, 0.717) is 6.42 Å². The van der Waals surface area contributed by atoms with Crippen LogP contribution in [0, 0.1) is 11.8 Å². The molecule has 1 fully saturated rings. The quantitative estimate of drug-likeness (QED) is 0.400. The zero-order chi connectivity index (χ0) is 21.9. The molecule has 1 unspecified atom stereocenters. The van der Waals surface area contributed by atoms with Crippen molar-refractivity contribution in [2.75, 3.05) is 5.32 Å². The Bertz CT molecular complexity index is 1260. The molecule has 1 amide bonds. The number of hydrogen-bond acceptors (Lipinski definition) is 2. The summed E-state index contributed by atoms with van der Waals surface area (Å²) in [6.45, 7) is 0. The molecule has 0 aliphatic heterocycles. The Morgan fingerprint density at radius 3 is 2.53 bits per heavy atom. The van der Waals surface area contributed by atoms with Gasteiger partial charge in [-0.3, -0.25) is 9.59 Å². The predicted octanol–water partition coefficient (Wildman–Crippen LogP) is 6.00. The number of aromatic nitrogens is 1. The van der Waals surface area contributed by atoms with E-state index in [1.807, 2.05) is 60.8 Å². The molecule has 1 aliphatic rings. The highest BCUT2D eigenvalue weighted by atomic mass is 16.2. The summed E-state index contributed by atoms with van der Waals surface area (Å²) in [5, 5.41) is 4.23.